The van der Waals surface area contributed by atoms with Crippen LogP contribution in [-0.4, -0.2) is 13.7 Å². The third-order valence-corrected chi connectivity index (χ3v) is 4.35. The van der Waals surface area contributed by atoms with Gasteiger partial charge < -0.3 is 10.1 Å². The molecule has 0 amide bonds. The normalized spacial score (nSPS) is 13.4. The van der Waals surface area contributed by atoms with Gasteiger partial charge in [-0.05, 0) is 49.4 Å². The van der Waals surface area contributed by atoms with Gasteiger partial charge in [0.2, 0.25) is 0 Å². The lowest BCUT2D eigenvalue weighted by Gasteiger charge is -2.30. The maximum absolute atomic E-state index is 5.69. The molecule has 1 N–H and O–H groups in total. The Balaban J connectivity index is 3.38. The summed E-state index contributed by atoms with van der Waals surface area (Å²) < 4.78 is 6.85. The van der Waals surface area contributed by atoms with Crippen LogP contribution in [0.2, 0.25) is 0 Å². The molecule has 0 bridgehead atoms. The second-order valence-corrected chi connectivity index (χ2v) is 7.48. The number of methoxy groups -OCH3 is 1. The fourth-order valence-electron chi connectivity index (χ4n) is 2.70. The highest BCUT2D eigenvalue weighted by Gasteiger charge is 2.25. The van der Waals surface area contributed by atoms with E-state index >= 15 is 0 Å². The van der Waals surface area contributed by atoms with Crippen molar-refractivity contribution in [3.8, 4) is 5.75 Å². The molecule has 20 heavy (non-hydrogen) atoms. The zero-order chi connectivity index (χ0) is 15.5. The molecule has 0 spiro atoms. The molecule has 1 unspecified atom stereocenters. The van der Waals surface area contributed by atoms with Crippen LogP contribution >= 0.6 is 15.9 Å². The molecule has 0 fully saturated rings. The highest BCUT2D eigenvalue weighted by molar-refractivity contribution is 9.10. The zero-order valence-electron chi connectivity index (χ0n) is 13.9. The quantitative estimate of drug-likeness (QED) is 0.798. The van der Waals surface area contributed by atoms with Gasteiger partial charge in [0.25, 0.3) is 0 Å². The molecule has 0 aliphatic carbocycles. The molecule has 3 heteroatoms. The number of hydrogen-bond donors (Lipinski definition) is 1. The van der Waals surface area contributed by atoms with Gasteiger partial charge in [-0.25, -0.2) is 0 Å². The van der Waals surface area contributed by atoms with Crippen LogP contribution in [-0.2, 0) is 0 Å². The maximum Gasteiger partial charge on any atom is 0.126 e. The Bertz CT molecular complexity index is 463. The van der Waals surface area contributed by atoms with Gasteiger partial charge in [0.05, 0.1) is 7.11 Å². The van der Waals surface area contributed by atoms with E-state index in [2.05, 4.69) is 68.9 Å². The average molecular weight is 342 g/mol. The van der Waals surface area contributed by atoms with Crippen LogP contribution in [0.5, 0.6) is 5.75 Å². The monoisotopic (exact) mass is 341 g/mol. The Labute approximate surface area is 132 Å². The van der Waals surface area contributed by atoms with E-state index in [0.29, 0.717) is 6.04 Å². The van der Waals surface area contributed by atoms with E-state index < -0.39 is 0 Å². The van der Waals surface area contributed by atoms with E-state index in [1.807, 2.05) is 0 Å². The van der Waals surface area contributed by atoms with Crippen LogP contribution in [0.25, 0.3) is 0 Å². The van der Waals surface area contributed by atoms with Crippen molar-refractivity contribution < 1.29 is 4.74 Å². The minimum absolute atomic E-state index is 0.264. The predicted octanol–water partition coefficient (Wildman–Crippen LogP) is 5.16. The molecule has 0 saturated heterocycles. The van der Waals surface area contributed by atoms with E-state index in [4.69, 9.17) is 4.74 Å². The first kappa shape index (κ1) is 17.5. The van der Waals surface area contributed by atoms with E-state index in [1.165, 1.54) is 16.7 Å². The van der Waals surface area contributed by atoms with Crippen molar-refractivity contribution in [1.29, 1.82) is 0 Å². The fraction of sp³-hybridized carbons (Fsp3) is 0.647. The number of aryl methyl sites for hydroxylation is 1. The predicted molar refractivity (Wildman–Crippen MR) is 90.7 cm³/mol. The number of nitrogens with one attached hydrogen (secondary N) is 1. The highest BCUT2D eigenvalue weighted by Crippen LogP contribution is 2.40. The summed E-state index contributed by atoms with van der Waals surface area (Å²) in [6.07, 6.45) is 1.08. The molecule has 0 radical (unpaired) electrons. The van der Waals surface area contributed by atoms with Gasteiger partial charge in [-0.1, -0.05) is 43.6 Å². The van der Waals surface area contributed by atoms with Crippen molar-refractivity contribution >= 4 is 15.9 Å². The zero-order valence-corrected chi connectivity index (χ0v) is 15.4. The van der Waals surface area contributed by atoms with Gasteiger partial charge in [-0.15, -0.1) is 0 Å². The van der Waals surface area contributed by atoms with Gasteiger partial charge in [0, 0.05) is 16.1 Å². The Morgan fingerprint density at radius 3 is 2.35 bits per heavy atom. The number of ether oxygens (including phenoxy) is 1. The molecule has 1 aromatic rings. The summed E-state index contributed by atoms with van der Waals surface area (Å²) in [4.78, 5) is 0. The first-order valence-electron chi connectivity index (χ1n) is 7.28. The number of benzene rings is 1. The van der Waals surface area contributed by atoms with Crippen molar-refractivity contribution in [2.45, 2.75) is 54.0 Å². The van der Waals surface area contributed by atoms with Gasteiger partial charge >= 0.3 is 0 Å². The minimum atomic E-state index is 0.264. The van der Waals surface area contributed by atoms with Gasteiger partial charge in [-0.3, -0.25) is 0 Å². The number of rotatable bonds is 5. The summed E-state index contributed by atoms with van der Waals surface area (Å²) in [5.41, 5.74) is 4.00. The van der Waals surface area contributed by atoms with E-state index in [9.17, 15) is 0 Å². The topological polar surface area (TPSA) is 21.3 Å². The standard InChI is InChI=1S/C17H28BrNO/c1-8-19-14(10-17(4,5)6)15-12(3)13(18)9-11(2)16(15)20-7/h9,14,19H,8,10H2,1-7H3. The lowest BCUT2D eigenvalue weighted by molar-refractivity contribution is 0.305. The summed E-state index contributed by atoms with van der Waals surface area (Å²) in [6.45, 7) is 14.2. The van der Waals surface area contributed by atoms with Crippen LogP contribution in [0.4, 0.5) is 0 Å². The molecule has 1 rings (SSSR count). The third-order valence-electron chi connectivity index (χ3n) is 3.53. The van der Waals surface area contributed by atoms with E-state index in [0.717, 1.165) is 23.2 Å². The molecule has 0 heterocycles. The van der Waals surface area contributed by atoms with Crippen molar-refractivity contribution in [3.05, 3.63) is 27.2 Å². The highest BCUT2D eigenvalue weighted by atomic mass is 79.9. The SMILES string of the molecule is CCNC(CC(C)(C)C)c1c(C)c(Br)cc(C)c1OC. The summed E-state index contributed by atoms with van der Waals surface area (Å²) in [7, 11) is 1.76. The molecular formula is C17H28BrNO. The van der Waals surface area contributed by atoms with E-state index in [1.54, 1.807) is 7.11 Å². The first-order valence-corrected chi connectivity index (χ1v) is 8.07. The van der Waals surface area contributed by atoms with Crippen LogP contribution in [0.3, 0.4) is 0 Å². The lowest BCUT2D eigenvalue weighted by Crippen LogP contribution is -2.27. The lowest BCUT2D eigenvalue weighted by atomic mass is 9.83. The Morgan fingerprint density at radius 1 is 1.30 bits per heavy atom. The van der Waals surface area contributed by atoms with Gasteiger partial charge in [0.1, 0.15) is 5.75 Å². The fourth-order valence-corrected chi connectivity index (χ4v) is 3.26. The average Bonchev–Trinajstić information content (AvgIpc) is 2.31. The van der Waals surface area contributed by atoms with E-state index in [-0.39, 0.29) is 5.41 Å². The van der Waals surface area contributed by atoms with Crippen molar-refractivity contribution in [2.24, 2.45) is 5.41 Å². The molecule has 0 aliphatic heterocycles. The van der Waals surface area contributed by atoms with Crippen LogP contribution in [0.1, 0.15) is 56.8 Å². The summed E-state index contributed by atoms with van der Waals surface area (Å²) in [6, 6.07) is 2.45. The third kappa shape index (κ3) is 4.23. The van der Waals surface area contributed by atoms with Gasteiger partial charge in [-0.2, -0.15) is 0 Å². The molecule has 0 aliphatic rings. The summed E-state index contributed by atoms with van der Waals surface area (Å²) in [5.74, 6) is 1.01. The molecule has 0 aromatic heterocycles. The first-order chi connectivity index (χ1) is 9.21. The number of hydrogen-bond acceptors (Lipinski definition) is 2. The summed E-state index contributed by atoms with van der Waals surface area (Å²) in [5, 5.41) is 3.62. The Morgan fingerprint density at radius 2 is 1.90 bits per heavy atom. The molecule has 1 atom stereocenters. The number of halogens is 1. The minimum Gasteiger partial charge on any atom is -0.496 e. The smallest absolute Gasteiger partial charge is 0.126 e. The molecule has 0 saturated carbocycles. The molecule has 114 valence electrons. The Kier molecular flexibility index (Phi) is 6.08. The summed E-state index contributed by atoms with van der Waals surface area (Å²) >= 11 is 3.68. The van der Waals surface area contributed by atoms with Crippen molar-refractivity contribution in [3.63, 3.8) is 0 Å². The van der Waals surface area contributed by atoms with Crippen molar-refractivity contribution in [1.82, 2.24) is 5.32 Å². The van der Waals surface area contributed by atoms with Crippen molar-refractivity contribution in [2.75, 3.05) is 13.7 Å². The van der Waals surface area contributed by atoms with Crippen LogP contribution in [0.15, 0.2) is 10.5 Å². The molecule has 2 nitrogen and oxygen atoms in total. The molecular weight excluding hydrogens is 314 g/mol. The largest absolute Gasteiger partial charge is 0.496 e. The maximum atomic E-state index is 5.69. The second-order valence-electron chi connectivity index (χ2n) is 6.62. The molecule has 1 aromatic carbocycles. The van der Waals surface area contributed by atoms with Gasteiger partial charge in [0.15, 0.2) is 0 Å². The second kappa shape index (κ2) is 6.95. The van der Waals surface area contributed by atoms with Crippen LogP contribution < -0.4 is 10.1 Å². The van der Waals surface area contributed by atoms with Crippen LogP contribution in [0, 0.1) is 19.3 Å². The Hall–Kier alpha value is -0.540.